The number of carbonyl (C=O) groups is 1. The Morgan fingerprint density at radius 3 is 1.91 bits per heavy atom. The van der Waals surface area contributed by atoms with Crippen LogP contribution >= 0.6 is 0 Å². The van der Waals surface area contributed by atoms with E-state index in [0.29, 0.717) is 0 Å². The number of ketones is 1. The first kappa shape index (κ1) is 15.1. The predicted molar refractivity (Wildman–Crippen MR) is 86.0 cm³/mol. The van der Waals surface area contributed by atoms with Crippen LogP contribution in [-0.4, -0.2) is 28.5 Å². The summed E-state index contributed by atoms with van der Waals surface area (Å²) < 4.78 is 5.69. The van der Waals surface area contributed by atoms with Crippen LogP contribution in [0.2, 0.25) is 0 Å². The van der Waals surface area contributed by atoms with E-state index in [-0.39, 0.29) is 5.78 Å². The van der Waals surface area contributed by atoms with Crippen molar-refractivity contribution in [2.75, 3.05) is 7.11 Å². The Morgan fingerprint density at radius 1 is 0.909 bits per heavy atom. The van der Waals surface area contributed by atoms with Crippen molar-refractivity contribution in [1.82, 2.24) is 9.97 Å². The zero-order valence-electron chi connectivity index (χ0n) is 14.0. The van der Waals surface area contributed by atoms with Gasteiger partial charge in [0.2, 0.25) is 0 Å². The molecular weight excluding hydrogens is 276 g/mol. The number of fused-ring (bicyclic) bond motifs is 2. The van der Waals surface area contributed by atoms with Gasteiger partial charge in [0.15, 0.2) is 5.78 Å². The van der Waals surface area contributed by atoms with Crippen molar-refractivity contribution in [1.29, 1.82) is 0 Å². The molecule has 0 spiro atoms. The second-order valence-electron chi connectivity index (χ2n) is 7.23. The van der Waals surface area contributed by atoms with E-state index < -0.39 is 16.4 Å². The summed E-state index contributed by atoms with van der Waals surface area (Å²) in [7, 11) is 1.59. The third-order valence-electron chi connectivity index (χ3n) is 5.36. The maximum atomic E-state index is 13.1. The number of hydrogen-bond donors (Lipinski definition) is 0. The molecule has 0 radical (unpaired) electrons. The lowest BCUT2D eigenvalue weighted by Gasteiger charge is -2.50. The fraction of sp³-hybridized carbons (Fsp3) is 0.500. The van der Waals surface area contributed by atoms with E-state index in [1.165, 1.54) is 0 Å². The monoisotopic (exact) mass is 298 g/mol. The second-order valence-corrected chi connectivity index (χ2v) is 7.23. The van der Waals surface area contributed by atoms with Gasteiger partial charge in [-0.2, -0.15) is 0 Å². The molecule has 0 saturated carbocycles. The molecule has 22 heavy (non-hydrogen) atoms. The van der Waals surface area contributed by atoms with Gasteiger partial charge in [-0.1, -0.05) is 26.0 Å². The van der Waals surface area contributed by atoms with Crippen LogP contribution in [0.5, 0.6) is 0 Å². The van der Waals surface area contributed by atoms with Crippen LogP contribution in [0.1, 0.15) is 46.0 Å². The second kappa shape index (κ2) is 4.35. The minimum atomic E-state index is -0.930. The Bertz CT molecular complexity index is 780. The molecule has 1 aromatic carbocycles. The Kier molecular flexibility index (Phi) is 2.99. The smallest absolute Gasteiger partial charge is 0.176 e. The fourth-order valence-corrected chi connectivity index (χ4v) is 3.43. The number of hydrogen-bond acceptors (Lipinski definition) is 4. The van der Waals surface area contributed by atoms with Crippen LogP contribution in [0.25, 0.3) is 11.0 Å². The van der Waals surface area contributed by atoms with E-state index in [2.05, 4.69) is 0 Å². The number of ether oxygens (including phenoxy) is 1. The lowest BCUT2D eigenvalue weighted by molar-refractivity contribution is -0.155. The zero-order chi connectivity index (χ0) is 16.3. The molecule has 0 fully saturated rings. The summed E-state index contributed by atoms with van der Waals surface area (Å²) in [6.45, 7) is 9.68. The molecule has 2 aromatic rings. The highest BCUT2D eigenvalue weighted by Crippen LogP contribution is 2.49. The Balaban J connectivity index is 2.43. The lowest BCUT2D eigenvalue weighted by Crippen LogP contribution is -2.63. The van der Waals surface area contributed by atoms with Gasteiger partial charge < -0.3 is 4.74 Å². The summed E-state index contributed by atoms with van der Waals surface area (Å²) in [6.07, 6.45) is 0. The quantitative estimate of drug-likeness (QED) is 0.811. The standard InChI is InChI=1S/C18H22N2O2/c1-16(2)13-14(17(3,4)18(5,22-6)15(16)21)20-12-10-8-7-9-11(12)19-13/h7-10H,1-6H3. The topological polar surface area (TPSA) is 52.1 Å². The molecule has 0 amide bonds. The van der Waals surface area contributed by atoms with Crippen molar-refractivity contribution in [3.63, 3.8) is 0 Å². The Morgan fingerprint density at radius 2 is 1.41 bits per heavy atom. The third-order valence-corrected chi connectivity index (χ3v) is 5.36. The predicted octanol–water partition coefficient (Wildman–Crippen LogP) is 3.17. The molecule has 1 aliphatic rings. The van der Waals surface area contributed by atoms with Gasteiger partial charge in [0.25, 0.3) is 0 Å². The van der Waals surface area contributed by atoms with Crippen LogP contribution in [-0.2, 0) is 20.4 Å². The normalized spacial score (nSPS) is 26.0. The number of methoxy groups -OCH3 is 1. The van der Waals surface area contributed by atoms with Crippen LogP contribution < -0.4 is 0 Å². The molecule has 1 unspecified atom stereocenters. The summed E-state index contributed by atoms with van der Waals surface area (Å²) in [4.78, 5) is 22.7. The molecule has 1 aromatic heterocycles. The number of carbonyl (C=O) groups excluding carboxylic acids is 1. The molecular formula is C18H22N2O2. The molecule has 0 N–H and O–H groups in total. The first-order valence-corrected chi connectivity index (χ1v) is 7.54. The first-order chi connectivity index (χ1) is 10.2. The fourth-order valence-electron chi connectivity index (χ4n) is 3.43. The van der Waals surface area contributed by atoms with Gasteiger partial charge in [0.1, 0.15) is 5.60 Å². The van der Waals surface area contributed by atoms with Crippen molar-refractivity contribution in [2.45, 2.75) is 51.0 Å². The highest BCUT2D eigenvalue weighted by atomic mass is 16.5. The van der Waals surface area contributed by atoms with Crippen molar-refractivity contribution in [3.05, 3.63) is 35.7 Å². The largest absolute Gasteiger partial charge is 0.370 e. The summed E-state index contributed by atoms with van der Waals surface area (Å²) in [5, 5.41) is 0. The molecule has 0 aliphatic heterocycles. The van der Waals surface area contributed by atoms with Gasteiger partial charge in [-0.25, -0.2) is 9.97 Å². The molecule has 1 aliphatic carbocycles. The van der Waals surface area contributed by atoms with E-state index in [1.54, 1.807) is 7.11 Å². The molecule has 3 rings (SSSR count). The van der Waals surface area contributed by atoms with Gasteiger partial charge in [-0.3, -0.25) is 4.79 Å². The molecule has 1 heterocycles. The number of rotatable bonds is 1. The zero-order valence-corrected chi connectivity index (χ0v) is 14.0. The van der Waals surface area contributed by atoms with Crippen LogP contribution in [0.15, 0.2) is 24.3 Å². The summed E-state index contributed by atoms with van der Waals surface area (Å²) in [6, 6.07) is 7.77. The van der Waals surface area contributed by atoms with Crippen molar-refractivity contribution in [3.8, 4) is 0 Å². The van der Waals surface area contributed by atoms with Gasteiger partial charge in [0.05, 0.1) is 27.8 Å². The van der Waals surface area contributed by atoms with E-state index >= 15 is 0 Å². The Labute approximate surface area is 130 Å². The minimum absolute atomic E-state index is 0.0459. The van der Waals surface area contributed by atoms with E-state index in [0.717, 1.165) is 22.4 Å². The number of para-hydroxylation sites is 2. The average molecular weight is 298 g/mol. The summed E-state index contributed by atoms with van der Waals surface area (Å²) in [5.41, 5.74) is 1.06. The molecule has 4 heteroatoms. The van der Waals surface area contributed by atoms with Crippen molar-refractivity contribution in [2.24, 2.45) is 0 Å². The summed E-state index contributed by atoms with van der Waals surface area (Å²) in [5.74, 6) is 0.0459. The van der Waals surface area contributed by atoms with Gasteiger partial charge in [-0.15, -0.1) is 0 Å². The maximum absolute atomic E-state index is 13.1. The first-order valence-electron chi connectivity index (χ1n) is 7.54. The van der Waals surface area contributed by atoms with E-state index in [1.807, 2.05) is 58.9 Å². The van der Waals surface area contributed by atoms with Gasteiger partial charge >= 0.3 is 0 Å². The molecule has 0 bridgehead atoms. The molecule has 0 saturated heterocycles. The average Bonchev–Trinajstić information content (AvgIpc) is 2.50. The van der Waals surface area contributed by atoms with E-state index in [9.17, 15) is 4.79 Å². The molecule has 116 valence electrons. The van der Waals surface area contributed by atoms with Crippen molar-refractivity contribution >= 4 is 16.8 Å². The number of Topliss-reactive ketones (excluding diaryl/α,β-unsaturated/α-hetero) is 1. The number of aromatic nitrogens is 2. The van der Waals surface area contributed by atoms with E-state index in [4.69, 9.17) is 14.7 Å². The van der Waals surface area contributed by atoms with Gasteiger partial charge in [0, 0.05) is 12.5 Å². The Hall–Kier alpha value is -1.81. The number of benzene rings is 1. The van der Waals surface area contributed by atoms with Crippen molar-refractivity contribution < 1.29 is 9.53 Å². The molecule has 4 nitrogen and oxygen atoms in total. The highest BCUT2D eigenvalue weighted by molar-refractivity contribution is 5.99. The minimum Gasteiger partial charge on any atom is -0.370 e. The lowest BCUT2D eigenvalue weighted by atomic mass is 9.58. The maximum Gasteiger partial charge on any atom is 0.176 e. The van der Waals surface area contributed by atoms with Crippen LogP contribution in [0.3, 0.4) is 0 Å². The number of nitrogens with zero attached hydrogens (tertiary/aromatic N) is 2. The highest BCUT2D eigenvalue weighted by Gasteiger charge is 2.60. The SMILES string of the molecule is COC1(C)C(=O)C(C)(C)c2nc3ccccc3nc2C1(C)C. The third kappa shape index (κ3) is 1.64. The van der Waals surface area contributed by atoms with Crippen LogP contribution in [0, 0.1) is 0 Å². The van der Waals surface area contributed by atoms with Crippen LogP contribution in [0.4, 0.5) is 0 Å². The molecule has 1 atom stereocenters. The summed E-state index contributed by atoms with van der Waals surface area (Å²) >= 11 is 0. The van der Waals surface area contributed by atoms with Gasteiger partial charge in [-0.05, 0) is 32.9 Å².